The van der Waals surface area contributed by atoms with Crippen molar-refractivity contribution < 1.29 is 32.7 Å². The van der Waals surface area contributed by atoms with Crippen LogP contribution in [0.1, 0.15) is 58.2 Å². The van der Waals surface area contributed by atoms with E-state index in [0.717, 1.165) is 17.8 Å². The monoisotopic (exact) mass is 452 g/mol. The molecule has 150 valence electrons. The molecule has 0 radical (unpaired) electrons. The predicted octanol–water partition coefficient (Wildman–Crippen LogP) is 7.81. The van der Waals surface area contributed by atoms with Crippen LogP contribution < -0.4 is 0 Å². The smallest absolute Gasteiger partial charge is 0.213 e. The molecule has 0 aliphatic carbocycles. The van der Waals surface area contributed by atoms with Gasteiger partial charge < -0.3 is 0 Å². The third-order valence-electron chi connectivity index (χ3n) is 4.13. The standard InChI is InChI=1S/3C9H13.Y/c3*1-8(2)7-9-5-3-4-6-9;/h3*3-6,8H,7H2,1-2H3;/q3*-1;+3. The minimum Gasteiger partial charge on any atom is -0.213 e. The topological polar surface area (TPSA) is 0 Å². The van der Waals surface area contributed by atoms with Crippen LogP contribution in [-0.2, 0) is 52.0 Å². The largest absolute Gasteiger partial charge is 3.00 e. The molecular formula is C27H39Y. The van der Waals surface area contributed by atoms with Crippen molar-refractivity contribution in [3.63, 3.8) is 0 Å². The zero-order chi connectivity index (χ0) is 20.1. The fraction of sp³-hybridized carbons (Fsp3) is 0.444. The molecule has 0 saturated carbocycles. The Morgan fingerprint density at radius 2 is 0.607 bits per heavy atom. The van der Waals surface area contributed by atoms with Gasteiger partial charge in [-0.05, 0) is 0 Å². The van der Waals surface area contributed by atoms with Crippen molar-refractivity contribution in [2.75, 3.05) is 0 Å². The molecule has 3 aromatic rings. The molecule has 3 aromatic carbocycles. The van der Waals surface area contributed by atoms with Crippen molar-refractivity contribution >= 4 is 0 Å². The molecule has 0 spiro atoms. The van der Waals surface area contributed by atoms with Crippen LogP contribution in [0.4, 0.5) is 0 Å². The van der Waals surface area contributed by atoms with Gasteiger partial charge in [0.1, 0.15) is 0 Å². The second-order valence-electron chi connectivity index (χ2n) is 8.67. The van der Waals surface area contributed by atoms with Crippen molar-refractivity contribution in [1.82, 2.24) is 0 Å². The van der Waals surface area contributed by atoms with Crippen LogP contribution in [0.3, 0.4) is 0 Å². The fourth-order valence-electron chi connectivity index (χ4n) is 3.06. The Hall–Kier alpha value is -0.846. The first-order valence-electron chi connectivity index (χ1n) is 10.5. The molecule has 0 bridgehead atoms. The maximum atomic E-state index is 2.24. The van der Waals surface area contributed by atoms with Gasteiger partial charge in [0.2, 0.25) is 0 Å². The fourth-order valence-corrected chi connectivity index (χ4v) is 3.06. The average Bonchev–Trinajstić information content (AvgIpc) is 3.30. The van der Waals surface area contributed by atoms with Gasteiger partial charge in [-0.2, -0.15) is 53.1 Å². The average molecular weight is 453 g/mol. The van der Waals surface area contributed by atoms with Gasteiger partial charge in [0.25, 0.3) is 0 Å². The number of hydrogen-bond acceptors (Lipinski definition) is 0. The molecule has 0 N–H and O–H groups in total. The molecule has 0 aromatic heterocycles. The molecule has 28 heavy (non-hydrogen) atoms. The van der Waals surface area contributed by atoms with Gasteiger partial charge in [-0.25, -0.2) is 36.4 Å². The molecule has 0 atom stereocenters. The minimum absolute atomic E-state index is 0. The summed E-state index contributed by atoms with van der Waals surface area (Å²) in [7, 11) is 0. The van der Waals surface area contributed by atoms with E-state index in [1.165, 1.54) is 36.0 Å². The normalized spacial score (nSPS) is 10.2. The van der Waals surface area contributed by atoms with Crippen molar-refractivity contribution in [2.45, 2.75) is 60.8 Å². The second kappa shape index (κ2) is 16.0. The first kappa shape index (κ1) is 27.2. The van der Waals surface area contributed by atoms with Gasteiger partial charge >= 0.3 is 32.7 Å². The first-order valence-corrected chi connectivity index (χ1v) is 10.5. The molecule has 0 aliphatic heterocycles. The van der Waals surface area contributed by atoms with Gasteiger partial charge in [0, 0.05) is 0 Å². The van der Waals surface area contributed by atoms with E-state index in [-0.39, 0.29) is 32.7 Å². The Morgan fingerprint density at radius 1 is 0.429 bits per heavy atom. The van der Waals surface area contributed by atoms with Crippen LogP contribution in [0, 0.1) is 17.8 Å². The van der Waals surface area contributed by atoms with Gasteiger partial charge in [0.15, 0.2) is 0 Å². The maximum Gasteiger partial charge on any atom is 3.00 e. The summed E-state index contributed by atoms with van der Waals surface area (Å²) in [5, 5.41) is 0. The van der Waals surface area contributed by atoms with Gasteiger partial charge in [0.05, 0.1) is 0 Å². The van der Waals surface area contributed by atoms with Crippen LogP contribution in [0.5, 0.6) is 0 Å². The van der Waals surface area contributed by atoms with E-state index < -0.39 is 0 Å². The van der Waals surface area contributed by atoms with E-state index in [1.54, 1.807) is 0 Å². The first-order chi connectivity index (χ1) is 12.9. The quantitative estimate of drug-likeness (QED) is 0.335. The summed E-state index contributed by atoms with van der Waals surface area (Å²) < 4.78 is 0. The molecule has 3 rings (SSSR count). The predicted molar refractivity (Wildman–Crippen MR) is 122 cm³/mol. The van der Waals surface area contributed by atoms with Crippen molar-refractivity contribution in [3.8, 4) is 0 Å². The molecule has 0 nitrogen and oxygen atoms in total. The molecular weight excluding hydrogens is 413 g/mol. The third-order valence-corrected chi connectivity index (χ3v) is 4.13. The minimum atomic E-state index is 0. The van der Waals surface area contributed by atoms with Crippen LogP contribution in [0.25, 0.3) is 0 Å². The molecule has 0 heterocycles. The zero-order valence-electron chi connectivity index (χ0n) is 18.9. The zero-order valence-corrected chi connectivity index (χ0v) is 21.7. The van der Waals surface area contributed by atoms with Crippen LogP contribution in [0.15, 0.2) is 72.8 Å². The number of hydrogen-bond donors (Lipinski definition) is 0. The van der Waals surface area contributed by atoms with E-state index in [2.05, 4.69) is 114 Å². The maximum absolute atomic E-state index is 2.24. The summed E-state index contributed by atoms with van der Waals surface area (Å²) in [6.45, 7) is 13.5. The Labute approximate surface area is 199 Å². The van der Waals surface area contributed by atoms with Crippen LogP contribution in [-0.4, -0.2) is 0 Å². The van der Waals surface area contributed by atoms with Crippen LogP contribution >= 0.6 is 0 Å². The van der Waals surface area contributed by atoms with E-state index in [0.29, 0.717) is 0 Å². The van der Waals surface area contributed by atoms with Crippen molar-refractivity contribution in [3.05, 3.63) is 89.5 Å². The SMILES string of the molecule is CC(C)C[c-]1cccc1.CC(C)C[c-]1cccc1.CC(C)C[c-]1cccc1.[Y+3]. The molecule has 1 heteroatoms. The molecule has 0 unspecified atom stereocenters. The molecule has 0 amide bonds. The molecule has 0 fully saturated rings. The van der Waals surface area contributed by atoms with E-state index in [1.807, 2.05) is 0 Å². The Kier molecular flexibility index (Phi) is 15.5. The summed E-state index contributed by atoms with van der Waals surface area (Å²) in [5.74, 6) is 2.35. The van der Waals surface area contributed by atoms with E-state index >= 15 is 0 Å². The van der Waals surface area contributed by atoms with E-state index in [4.69, 9.17) is 0 Å². The van der Waals surface area contributed by atoms with Gasteiger partial charge in [-0.3, -0.25) is 0 Å². The van der Waals surface area contributed by atoms with Gasteiger partial charge in [-0.1, -0.05) is 78.6 Å². The third kappa shape index (κ3) is 14.2. The second-order valence-corrected chi connectivity index (χ2v) is 8.67. The molecule has 0 saturated heterocycles. The summed E-state index contributed by atoms with van der Waals surface area (Å²) >= 11 is 0. The Morgan fingerprint density at radius 3 is 0.750 bits per heavy atom. The summed E-state index contributed by atoms with van der Waals surface area (Å²) in [5.41, 5.74) is 4.39. The van der Waals surface area contributed by atoms with Crippen molar-refractivity contribution in [1.29, 1.82) is 0 Å². The summed E-state index contributed by atoms with van der Waals surface area (Å²) in [6.07, 6.45) is 3.65. The van der Waals surface area contributed by atoms with E-state index in [9.17, 15) is 0 Å². The van der Waals surface area contributed by atoms with Gasteiger partial charge in [-0.15, -0.1) is 0 Å². The van der Waals surface area contributed by atoms with Crippen molar-refractivity contribution in [2.24, 2.45) is 17.8 Å². The Balaban J connectivity index is 0.000000384. The summed E-state index contributed by atoms with van der Waals surface area (Å²) in [6, 6.07) is 25.7. The molecule has 0 aliphatic rings. The summed E-state index contributed by atoms with van der Waals surface area (Å²) in [4.78, 5) is 0. The number of rotatable bonds is 6. The van der Waals surface area contributed by atoms with Crippen LogP contribution in [0.2, 0.25) is 0 Å². The Bertz CT molecular complexity index is 542.